The van der Waals surface area contributed by atoms with Gasteiger partial charge in [-0.3, -0.25) is 14.4 Å². The molecule has 6 rings (SSSR count). The second-order valence-electron chi connectivity index (χ2n) is 19.2. The Bertz CT molecular complexity index is 1240. The van der Waals surface area contributed by atoms with Crippen molar-refractivity contribution in [3.63, 3.8) is 0 Å². The summed E-state index contributed by atoms with van der Waals surface area (Å²) in [6, 6.07) is 0. The number of carboxylic acids is 1. The van der Waals surface area contributed by atoms with Crippen LogP contribution in [0.2, 0.25) is 0 Å². The fraction of sp³-hybridized carbons (Fsp3) is 0.927. The molecule has 266 valence electrons. The predicted octanol–water partition coefficient (Wildman–Crippen LogP) is 9.20. The van der Waals surface area contributed by atoms with Crippen LogP contribution in [0.1, 0.15) is 158 Å². The second-order valence-corrected chi connectivity index (χ2v) is 19.2. The molecule has 6 aliphatic rings. The molecular weight excluding hydrogens is 586 g/mol. The molecule has 5 unspecified atom stereocenters. The molecule has 6 fully saturated rings. The zero-order valence-electron chi connectivity index (χ0n) is 31.1. The minimum atomic E-state index is -0.963. The highest BCUT2D eigenvalue weighted by molar-refractivity contribution is 5.87. The maximum atomic E-state index is 14.2. The molecule has 0 aromatic heterocycles. The van der Waals surface area contributed by atoms with E-state index in [0.717, 1.165) is 77.0 Å². The number of esters is 1. The molecule has 10 atom stereocenters. The molecule has 0 aromatic carbocycles. The summed E-state index contributed by atoms with van der Waals surface area (Å²) in [5, 5.41) is 12.4. The average molecular weight is 654 g/mol. The van der Waals surface area contributed by atoms with E-state index in [2.05, 4.69) is 60.7 Å². The van der Waals surface area contributed by atoms with E-state index in [9.17, 15) is 19.5 Å². The first kappa shape index (κ1) is 35.2. The van der Waals surface area contributed by atoms with Crippen LogP contribution in [0, 0.1) is 68.0 Å². The van der Waals surface area contributed by atoms with E-state index in [1.165, 1.54) is 25.7 Å². The van der Waals surface area contributed by atoms with Gasteiger partial charge >= 0.3 is 11.9 Å². The van der Waals surface area contributed by atoms with E-state index in [1.54, 1.807) is 0 Å². The number of rotatable bonds is 7. The number of carbonyl (C=O) groups is 3. The van der Waals surface area contributed by atoms with Crippen LogP contribution in [0.3, 0.4) is 0 Å². The van der Waals surface area contributed by atoms with Crippen LogP contribution in [0.4, 0.5) is 0 Å². The molecule has 6 heteroatoms. The molecule has 6 saturated carbocycles. The molecule has 47 heavy (non-hydrogen) atoms. The van der Waals surface area contributed by atoms with Crippen molar-refractivity contribution in [1.29, 1.82) is 0 Å². The fourth-order valence-electron chi connectivity index (χ4n) is 14.8. The molecule has 0 heterocycles. The Labute approximate surface area is 285 Å². The molecular formula is C41H67NO5. The van der Waals surface area contributed by atoms with Gasteiger partial charge in [-0.15, -0.1) is 0 Å². The number of hydrogen-bond acceptors (Lipinski definition) is 4. The van der Waals surface area contributed by atoms with Crippen molar-refractivity contribution in [3.8, 4) is 0 Å². The third kappa shape index (κ3) is 5.00. The van der Waals surface area contributed by atoms with Crippen LogP contribution in [0.25, 0.3) is 0 Å². The lowest BCUT2D eigenvalue weighted by Crippen LogP contribution is -2.68. The third-order valence-corrected chi connectivity index (χ3v) is 17.5. The monoisotopic (exact) mass is 654 g/mol. The van der Waals surface area contributed by atoms with Gasteiger partial charge in [0.15, 0.2) is 0 Å². The largest absolute Gasteiger partial charge is 0.480 e. The first-order chi connectivity index (χ1) is 22.0. The van der Waals surface area contributed by atoms with Gasteiger partial charge in [0.2, 0.25) is 5.91 Å². The van der Waals surface area contributed by atoms with E-state index < -0.39 is 11.4 Å². The number of carbonyl (C=O) groups excluding carboxylic acids is 2. The normalized spacial score (nSPS) is 46.0. The van der Waals surface area contributed by atoms with Gasteiger partial charge in [-0.1, -0.05) is 74.7 Å². The van der Waals surface area contributed by atoms with E-state index in [1.807, 2.05) is 0 Å². The Morgan fingerprint density at radius 2 is 1.47 bits per heavy atom. The standard InChI is InChI=1S/C41H67NO5/c1-9-40(26(2)3)23-24-41(35(46)42-25-32(43)44)22-21-38(7)28(33(40)41)15-16-30-37(6)19-18-31(47-34(45)27-13-11-10-12-14-27)36(4,5)29(37)17-20-39(30,38)8/h26-31,33H,9-25H2,1-8H3,(H,42,46)(H,43,44)/t28?,29?,30?,31-,33?,37+,38-,39-,40?,41-/m1/s1. The van der Waals surface area contributed by atoms with Crippen molar-refractivity contribution in [2.75, 3.05) is 6.54 Å². The highest BCUT2D eigenvalue weighted by Crippen LogP contribution is 2.79. The van der Waals surface area contributed by atoms with Crippen molar-refractivity contribution in [2.24, 2.45) is 68.0 Å². The Balaban J connectivity index is 1.30. The lowest BCUT2D eigenvalue weighted by molar-refractivity contribution is -0.255. The Morgan fingerprint density at radius 1 is 0.787 bits per heavy atom. The Morgan fingerprint density at radius 3 is 2.11 bits per heavy atom. The summed E-state index contributed by atoms with van der Waals surface area (Å²) in [4.78, 5) is 39.1. The predicted molar refractivity (Wildman–Crippen MR) is 185 cm³/mol. The van der Waals surface area contributed by atoms with Gasteiger partial charge in [0, 0.05) is 5.41 Å². The van der Waals surface area contributed by atoms with E-state index >= 15 is 0 Å². The number of nitrogens with one attached hydrogen (secondary N) is 1. The summed E-state index contributed by atoms with van der Waals surface area (Å²) in [6.07, 6.45) is 17.3. The topological polar surface area (TPSA) is 92.7 Å². The lowest BCUT2D eigenvalue weighted by Gasteiger charge is -2.73. The highest BCUT2D eigenvalue weighted by atomic mass is 16.5. The first-order valence-corrected chi connectivity index (χ1v) is 19.7. The van der Waals surface area contributed by atoms with Gasteiger partial charge in [-0.25, -0.2) is 0 Å². The molecule has 6 aliphatic carbocycles. The second kappa shape index (κ2) is 12.0. The van der Waals surface area contributed by atoms with E-state index in [0.29, 0.717) is 23.7 Å². The van der Waals surface area contributed by atoms with Crippen molar-refractivity contribution in [3.05, 3.63) is 0 Å². The summed E-state index contributed by atoms with van der Waals surface area (Å²) in [7, 11) is 0. The van der Waals surface area contributed by atoms with Crippen LogP contribution >= 0.6 is 0 Å². The summed E-state index contributed by atoms with van der Waals surface area (Å²) in [5.74, 6) is 1.55. The smallest absolute Gasteiger partial charge is 0.322 e. The van der Waals surface area contributed by atoms with Crippen LogP contribution in [-0.2, 0) is 19.1 Å². The maximum absolute atomic E-state index is 14.2. The quantitative estimate of drug-likeness (QED) is 0.267. The van der Waals surface area contributed by atoms with Gasteiger partial charge in [0.1, 0.15) is 12.6 Å². The van der Waals surface area contributed by atoms with Crippen molar-refractivity contribution in [2.45, 2.75) is 164 Å². The number of ether oxygens (including phenoxy) is 1. The minimum Gasteiger partial charge on any atom is -0.480 e. The van der Waals surface area contributed by atoms with Crippen molar-refractivity contribution >= 4 is 17.8 Å². The number of aliphatic carboxylic acids is 1. The Hall–Kier alpha value is -1.59. The van der Waals surface area contributed by atoms with E-state index in [4.69, 9.17) is 4.74 Å². The van der Waals surface area contributed by atoms with Gasteiger partial charge in [-0.05, 0) is 135 Å². The minimum absolute atomic E-state index is 0.000552. The van der Waals surface area contributed by atoms with Crippen molar-refractivity contribution < 1.29 is 24.2 Å². The fourth-order valence-corrected chi connectivity index (χ4v) is 14.8. The average Bonchev–Trinajstić information content (AvgIpc) is 3.39. The zero-order valence-corrected chi connectivity index (χ0v) is 31.1. The summed E-state index contributed by atoms with van der Waals surface area (Å²) >= 11 is 0. The Kier molecular flexibility index (Phi) is 9.02. The molecule has 0 aromatic rings. The molecule has 0 aliphatic heterocycles. The lowest BCUT2D eigenvalue weighted by atomic mass is 9.31. The van der Waals surface area contributed by atoms with Crippen LogP contribution in [0.15, 0.2) is 0 Å². The number of amides is 1. The maximum Gasteiger partial charge on any atom is 0.322 e. The van der Waals surface area contributed by atoms with Gasteiger partial charge in [0.25, 0.3) is 0 Å². The van der Waals surface area contributed by atoms with E-state index in [-0.39, 0.29) is 63.4 Å². The third-order valence-electron chi connectivity index (χ3n) is 17.5. The molecule has 0 spiro atoms. The number of fused-ring (bicyclic) bond motifs is 7. The molecule has 1 amide bonds. The van der Waals surface area contributed by atoms with Crippen molar-refractivity contribution in [1.82, 2.24) is 5.32 Å². The summed E-state index contributed by atoms with van der Waals surface area (Å²) < 4.78 is 6.47. The zero-order chi connectivity index (χ0) is 34.2. The molecule has 0 bridgehead atoms. The molecule has 0 saturated heterocycles. The van der Waals surface area contributed by atoms with Gasteiger partial charge in [0.05, 0.1) is 11.3 Å². The SMILES string of the molecule is CCC1(C(C)C)CC[C@]2(C(=O)NCC(=O)O)CC[C@]3(C)C(CCC4[C@@]5(C)CC[C@@H](OC(=O)C6CCCCC6)C(C)(C)C5CC[C@]43C)C12. The van der Waals surface area contributed by atoms with Gasteiger partial charge in [-0.2, -0.15) is 0 Å². The molecule has 0 radical (unpaired) electrons. The van der Waals surface area contributed by atoms with Crippen LogP contribution < -0.4 is 5.32 Å². The molecule has 2 N–H and O–H groups in total. The highest BCUT2D eigenvalue weighted by Gasteiger charge is 2.74. The first-order valence-electron chi connectivity index (χ1n) is 19.7. The van der Waals surface area contributed by atoms with Gasteiger partial charge < -0.3 is 15.2 Å². The molecule has 6 nitrogen and oxygen atoms in total. The number of carboxylic acid groups (broad SMARTS) is 1. The summed E-state index contributed by atoms with van der Waals surface area (Å²) in [6.45, 7) is 19.5. The van der Waals surface area contributed by atoms with Crippen LogP contribution in [0.5, 0.6) is 0 Å². The van der Waals surface area contributed by atoms with Crippen LogP contribution in [-0.4, -0.2) is 35.6 Å². The number of hydrogen-bond donors (Lipinski definition) is 2. The summed E-state index contributed by atoms with van der Waals surface area (Å²) in [5.41, 5.74) is 0.0682.